The molecule has 0 spiro atoms. The van der Waals surface area contributed by atoms with Crippen molar-refractivity contribution in [1.29, 1.82) is 0 Å². The number of nitrogens with one attached hydrogen (secondary N) is 1. The first kappa shape index (κ1) is 14.3. The van der Waals surface area contributed by atoms with Crippen LogP contribution in [0.5, 0.6) is 0 Å². The molecule has 1 aliphatic carbocycles. The Morgan fingerprint density at radius 2 is 2.16 bits per heavy atom. The van der Waals surface area contributed by atoms with Gasteiger partial charge in [-0.15, -0.1) is 0 Å². The summed E-state index contributed by atoms with van der Waals surface area (Å²) in [7, 11) is 0. The van der Waals surface area contributed by atoms with E-state index in [1.54, 1.807) is 6.07 Å². The number of carbonyl (C=O) groups excluding carboxylic acids is 1. The van der Waals surface area contributed by atoms with E-state index in [1.165, 1.54) is 6.42 Å². The number of nitrogens with zero attached hydrogens (tertiary/aromatic N) is 1. The van der Waals surface area contributed by atoms with E-state index < -0.39 is 0 Å². The Balaban J connectivity index is 2.12. The predicted molar refractivity (Wildman–Crippen MR) is 78.4 cm³/mol. The van der Waals surface area contributed by atoms with E-state index in [9.17, 15) is 4.79 Å². The van der Waals surface area contributed by atoms with Crippen LogP contribution >= 0.6 is 11.6 Å². The Kier molecular flexibility index (Phi) is 4.14. The van der Waals surface area contributed by atoms with E-state index in [0.717, 1.165) is 30.6 Å². The molecule has 0 aromatic carbocycles. The Bertz CT molecular complexity index is 485. The maximum Gasteiger partial charge on any atom is 0.228 e. The number of aryl methyl sites for hydroxylation is 1. The average molecular weight is 281 g/mol. The van der Waals surface area contributed by atoms with Gasteiger partial charge in [0.25, 0.3) is 0 Å². The van der Waals surface area contributed by atoms with Crippen LogP contribution in [0.4, 0.5) is 5.69 Å². The molecule has 0 radical (unpaired) electrons. The standard InChI is InChI=1S/C15H21ClN2O/c1-10-12(7-8-13(16)17-10)18-14(19)11-6-4-5-9-15(11,2)3/h7-8,11H,4-6,9H2,1-3H3,(H,18,19). The van der Waals surface area contributed by atoms with Gasteiger partial charge in [0.2, 0.25) is 5.91 Å². The second kappa shape index (κ2) is 5.49. The van der Waals surface area contributed by atoms with E-state index in [0.29, 0.717) is 5.15 Å². The van der Waals surface area contributed by atoms with Crippen molar-refractivity contribution in [2.45, 2.75) is 46.5 Å². The summed E-state index contributed by atoms with van der Waals surface area (Å²) in [5, 5.41) is 3.45. The van der Waals surface area contributed by atoms with Crippen LogP contribution in [0.15, 0.2) is 12.1 Å². The van der Waals surface area contributed by atoms with Gasteiger partial charge in [-0.3, -0.25) is 4.79 Å². The smallest absolute Gasteiger partial charge is 0.228 e. The third-order valence-corrected chi connectivity index (χ3v) is 4.34. The zero-order chi connectivity index (χ0) is 14.0. The van der Waals surface area contributed by atoms with Crippen molar-refractivity contribution < 1.29 is 4.79 Å². The Hall–Kier alpha value is -1.09. The van der Waals surface area contributed by atoms with Gasteiger partial charge in [0.05, 0.1) is 11.4 Å². The number of aromatic nitrogens is 1. The predicted octanol–water partition coefficient (Wildman–Crippen LogP) is 4.20. The molecule has 1 atom stereocenters. The molecular weight excluding hydrogens is 260 g/mol. The monoisotopic (exact) mass is 280 g/mol. The van der Waals surface area contributed by atoms with Crippen LogP contribution in [-0.4, -0.2) is 10.9 Å². The number of hydrogen-bond acceptors (Lipinski definition) is 2. The van der Waals surface area contributed by atoms with Crippen molar-refractivity contribution in [3.05, 3.63) is 23.0 Å². The van der Waals surface area contributed by atoms with Gasteiger partial charge >= 0.3 is 0 Å². The highest BCUT2D eigenvalue weighted by Gasteiger charge is 2.37. The Morgan fingerprint density at radius 1 is 1.42 bits per heavy atom. The first-order chi connectivity index (χ1) is 8.90. The Morgan fingerprint density at radius 3 is 2.79 bits per heavy atom. The quantitative estimate of drug-likeness (QED) is 0.825. The molecular formula is C15H21ClN2O. The maximum atomic E-state index is 12.4. The van der Waals surface area contributed by atoms with Gasteiger partial charge < -0.3 is 5.32 Å². The molecule has 104 valence electrons. The van der Waals surface area contributed by atoms with Gasteiger partial charge in [0.1, 0.15) is 5.15 Å². The van der Waals surface area contributed by atoms with Crippen molar-refractivity contribution >= 4 is 23.2 Å². The van der Waals surface area contributed by atoms with Gasteiger partial charge in [-0.05, 0) is 37.3 Å². The van der Waals surface area contributed by atoms with Crippen LogP contribution in [0, 0.1) is 18.3 Å². The molecule has 1 heterocycles. The molecule has 1 aromatic rings. The van der Waals surface area contributed by atoms with Crippen LogP contribution < -0.4 is 5.32 Å². The van der Waals surface area contributed by atoms with Gasteiger partial charge in [-0.2, -0.15) is 0 Å². The molecule has 0 bridgehead atoms. The minimum absolute atomic E-state index is 0.0795. The summed E-state index contributed by atoms with van der Waals surface area (Å²) >= 11 is 5.82. The summed E-state index contributed by atoms with van der Waals surface area (Å²) in [5.74, 6) is 0.188. The lowest BCUT2D eigenvalue weighted by molar-refractivity contribution is -0.124. The van der Waals surface area contributed by atoms with Crippen molar-refractivity contribution in [1.82, 2.24) is 4.98 Å². The molecule has 19 heavy (non-hydrogen) atoms. The van der Waals surface area contributed by atoms with Crippen molar-refractivity contribution in [2.24, 2.45) is 11.3 Å². The largest absolute Gasteiger partial charge is 0.324 e. The molecule has 1 fully saturated rings. The van der Waals surface area contributed by atoms with Crippen LogP contribution in [0.25, 0.3) is 0 Å². The molecule has 1 saturated carbocycles. The summed E-state index contributed by atoms with van der Waals surface area (Å²) in [6, 6.07) is 3.52. The van der Waals surface area contributed by atoms with E-state index in [2.05, 4.69) is 24.1 Å². The fraction of sp³-hybridized carbons (Fsp3) is 0.600. The van der Waals surface area contributed by atoms with E-state index in [4.69, 9.17) is 11.6 Å². The molecule has 3 nitrogen and oxygen atoms in total. The van der Waals surface area contributed by atoms with Gasteiger partial charge in [-0.1, -0.05) is 38.3 Å². The molecule has 4 heteroatoms. The van der Waals surface area contributed by atoms with Crippen LogP contribution in [0.2, 0.25) is 5.15 Å². The highest BCUT2D eigenvalue weighted by molar-refractivity contribution is 6.29. The summed E-state index contributed by atoms with van der Waals surface area (Å²) in [6.07, 6.45) is 4.44. The summed E-state index contributed by atoms with van der Waals surface area (Å²) < 4.78 is 0. The number of amides is 1. The van der Waals surface area contributed by atoms with Crippen molar-refractivity contribution in [3.63, 3.8) is 0 Å². The molecule has 1 amide bonds. The first-order valence-electron chi connectivity index (χ1n) is 6.84. The number of rotatable bonds is 2. The van der Waals surface area contributed by atoms with Crippen LogP contribution in [0.3, 0.4) is 0 Å². The molecule has 1 aromatic heterocycles. The second-order valence-corrected chi connectivity index (χ2v) is 6.43. The normalized spacial score (nSPS) is 22.0. The average Bonchev–Trinajstić information content (AvgIpc) is 2.32. The molecule has 1 N–H and O–H groups in total. The van der Waals surface area contributed by atoms with E-state index in [1.807, 2.05) is 13.0 Å². The number of halogens is 1. The van der Waals surface area contributed by atoms with E-state index >= 15 is 0 Å². The summed E-state index contributed by atoms with van der Waals surface area (Å²) in [6.45, 7) is 6.22. The third-order valence-electron chi connectivity index (χ3n) is 4.13. The van der Waals surface area contributed by atoms with E-state index in [-0.39, 0.29) is 17.2 Å². The number of anilines is 1. The molecule has 0 saturated heterocycles. The lowest BCUT2D eigenvalue weighted by Crippen LogP contribution is -2.37. The highest BCUT2D eigenvalue weighted by Crippen LogP contribution is 2.41. The lowest BCUT2D eigenvalue weighted by atomic mass is 9.68. The molecule has 0 aliphatic heterocycles. The van der Waals surface area contributed by atoms with Gasteiger partial charge in [0.15, 0.2) is 0 Å². The topological polar surface area (TPSA) is 42.0 Å². The number of hydrogen-bond donors (Lipinski definition) is 1. The Labute approximate surface area is 119 Å². The number of pyridine rings is 1. The van der Waals surface area contributed by atoms with Crippen molar-refractivity contribution in [2.75, 3.05) is 5.32 Å². The second-order valence-electron chi connectivity index (χ2n) is 6.04. The van der Waals surface area contributed by atoms with Gasteiger partial charge in [-0.25, -0.2) is 4.98 Å². The maximum absolute atomic E-state index is 12.4. The number of carbonyl (C=O) groups is 1. The minimum atomic E-state index is 0.0795. The summed E-state index contributed by atoms with van der Waals surface area (Å²) in [4.78, 5) is 16.6. The lowest BCUT2D eigenvalue weighted by Gasteiger charge is -2.37. The fourth-order valence-corrected chi connectivity index (χ4v) is 3.05. The molecule has 2 rings (SSSR count). The van der Waals surface area contributed by atoms with Crippen LogP contribution in [-0.2, 0) is 4.79 Å². The summed E-state index contributed by atoms with van der Waals surface area (Å²) in [5.41, 5.74) is 1.60. The third kappa shape index (κ3) is 3.27. The fourth-order valence-electron chi connectivity index (χ4n) is 2.86. The molecule has 1 aliphatic rings. The first-order valence-corrected chi connectivity index (χ1v) is 7.22. The molecule has 1 unspecified atom stereocenters. The van der Waals surface area contributed by atoms with Crippen LogP contribution in [0.1, 0.15) is 45.2 Å². The highest BCUT2D eigenvalue weighted by atomic mass is 35.5. The SMILES string of the molecule is Cc1nc(Cl)ccc1NC(=O)C1CCCCC1(C)C. The van der Waals surface area contributed by atoms with Crippen molar-refractivity contribution in [3.8, 4) is 0 Å². The van der Waals surface area contributed by atoms with Gasteiger partial charge in [0, 0.05) is 5.92 Å². The zero-order valence-corrected chi connectivity index (χ0v) is 12.5. The minimum Gasteiger partial charge on any atom is -0.324 e. The zero-order valence-electron chi connectivity index (χ0n) is 11.8.